The van der Waals surface area contributed by atoms with Crippen molar-refractivity contribution in [2.24, 2.45) is 5.92 Å². The van der Waals surface area contributed by atoms with Gasteiger partial charge in [0.25, 0.3) is 0 Å². The van der Waals surface area contributed by atoms with Gasteiger partial charge in [0.15, 0.2) is 0 Å². The molecule has 2 aromatic rings. The second-order valence-electron chi connectivity index (χ2n) is 5.71. The highest BCUT2D eigenvalue weighted by atomic mass is 19.1. The van der Waals surface area contributed by atoms with Crippen molar-refractivity contribution in [3.63, 3.8) is 0 Å². The van der Waals surface area contributed by atoms with Gasteiger partial charge >= 0.3 is 0 Å². The molecule has 1 aliphatic heterocycles. The fourth-order valence-corrected chi connectivity index (χ4v) is 3.12. The number of fused-ring (bicyclic) bond motifs is 1. The Morgan fingerprint density at radius 1 is 1.35 bits per heavy atom. The topological polar surface area (TPSA) is 29.9 Å². The van der Waals surface area contributed by atoms with Gasteiger partial charge in [0.05, 0.1) is 11.0 Å². The lowest BCUT2D eigenvalue weighted by Crippen LogP contribution is -2.29. The Bertz CT molecular complexity index is 585. The third kappa shape index (κ3) is 2.70. The van der Waals surface area contributed by atoms with Crippen LogP contribution in [0.1, 0.15) is 32.0 Å². The van der Waals surface area contributed by atoms with Crippen LogP contribution in [0.2, 0.25) is 0 Å². The second-order valence-corrected chi connectivity index (χ2v) is 5.71. The van der Waals surface area contributed by atoms with E-state index in [4.69, 9.17) is 4.98 Å². The Morgan fingerprint density at radius 2 is 2.15 bits per heavy atom. The number of nitrogens with one attached hydrogen (secondary N) is 1. The van der Waals surface area contributed by atoms with Crippen molar-refractivity contribution >= 4 is 11.0 Å². The number of hydrogen-bond donors (Lipinski definition) is 1. The van der Waals surface area contributed by atoms with E-state index < -0.39 is 0 Å². The van der Waals surface area contributed by atoms with E-state index in [2.05, 4.69) is 16.8 Å². The van der Waals surface area contributed by atoms with Crippen LogP contribution in [0.15, 0.2) is 18.2 Å². The average molecular weight is 275 g/mol. The second kappa shape index (κ2) is 5.92. The summed E-state index contributed by atoms with van der Waals surface area (Å²) in [6, 6.07) is 4.91. The van der Waals surface area contributed by atoms with Crippen LogP contribution in [-0.2, 0) is 13.0 Å². The molecule has 0 radical (unpaired) electrons. The molecule has 0 atom stereocenters. The summed E-state index contributed by atoms with van der Waals surface area (Å²) in [4.78, 5) is 4.74. The van der Waals surface area contributed by atoms with Gasteiger partial charge in [0.2, 0.25) is 0 Å². The largest absolute Gasteiger partial charge is 0.328 e. The molecule has 0 bridgehead atoms. The molecule has 0 amide bonds. The Morgan fingerprint density at radius 3 is 2.90 bits per heavy atom. The molecule has 1 aromatic carbocycles. The average Bonchev–Trinajstić information content (AvgIpc) is 2.78. The third-order valence-corrected chi connectivity index (χ3v) is 4.17. The van der Waals surface area contributed by atoms with E-state index in [1.807, 2.05) is 0 Å². The first kappa shape index (κ1) is 13.6. The van der Waals surface area contributed by atoms with Gasteiger partial charge in [-0.2, -0.15) is 0 Å². The van der Waals surface area contributed by atoms with Gasteiger partial charge < -0.3 is 9.88 Å². The summed E-state index contributed by atoms with van der Waals surface area (Å²) in [5.74, 6) is 1.65. The van der Waals surface area contributed by atoms with E-state index in [0.717, 1.165) is 49.3 Å². The predicted octanol–water partition coefficient (Wildman–Crippen LogP) is 3.13. The number of rotatable bonds is 4. The smallest absolute Gasteiger partial charge is 0.125 e. The van der Waals surface area contributed by atoms with Gasteiger partial charge in [-0.15, -0.1) is 0 Å². The summed E-state index contributed by atoms with van der Waals surface area (Å²) in [6.07, 6.45) is 4.48. The monoisotopic (exact) mass is 275 g/mol. The molecule has 1 aliphatic rings. The molecule has 2 heterocycles. The Balaban J connectivity index is 1.93. The lowest BCUT2D eigenvalue weighted by Gasteiger charge is -2.22. The standard InChI is InChI=1S/C16H22FN3/c1-2-9-20-15-11-13(17)3-4-14(15)19-16(20)10-12-5-7-18-8-6-12/h3-4,11-12,18H,2,5-10H2,1H3. The number of benzene rings is 1. The summed E-state index contributed by atoms with van der Waals surface area (Å²) in [5.41, 5.74) is 1.86. The molecule has 0 aliphatic carbocycles. The van der Waals surface area contributed by atoms with Crippen LogP contribution >= 0.6 is 0 Å². The van der Waals surface area contributed by atoms with Crippen molar-refractivity contribution in [3.8, 4) is 0 Å². The number of halogens is 1. The molecule has 3 nitrogen and oxygen atoms in total. The van der Waals surface area contributed by atoms with Crippen LogP contribution in [0.3, 0.4) is 0 Å². The van der Waals surface area contributed by atoms with Gasteiger partial charge in [0.1, 0.15) is 11.6 Å². The number of aryl methyl sites for hydroxylation is 1. The predicted molar refractivity (Wildman–Crippen MR) is 79.3 cm³/mol. The molecule has 4 heteroatoms. The highest BCUT2D eigenvalue weighted by Gasteiger charge is 2.18. The van der Waals surface area contributed by atoms with E-state index in [9.17, 15) is 4.39 Å². The Kier molecular flexibility index (Phi) is 4.01. The zero-order valence-electron chi connectivity index (χ0n) is 12.0. The third-order valence-electron chi connectivity index (χ3n) is 4.17. The minimum absolute atomic E-state index is 0.178. The molecular formula is C16H22FN3. The SMILES string of the molecule is CCCn1c(CC2CCNCC2)nc2ccc(F)cc21. The maximum Gasteiger partial charge on any atom is 0.125 e. The van der Waals surface area contributed by atoms with Gasteiger partial charge in [0, 0.05) is 13.0 Å². The quantitative estimate of drug-likeness (QED) is 0.929. The molecule has 1 saturated heterocycles. The van der Waals surface area contributed by atoms with Crippen LogP contribution in [0.4, 0.5) is 4.39 Å². The van der Waals surface area contributed by atoms with E-state index in [1.54, 1.807) is 12.1 Å². The maximum atomic E-state index is 13.5. The normalized spacial score (nSPS) is 16.9. The van der Waals surface area contributed by atoms with Crippen molar-refractivity contribution in [3.05, 3.63) is 29.8 Å². The van der Waals surface area contributed by atoms with Crippen molar-refractivity contribution in [1.82, 2.24) is 14.9 Å². The first-order valence-electron chi connectivity index (χ1n) is 7.63. The van der Waals surface area contributed by atoms with Crippen LogP contribution < -0.4 is 5.32 Å². The van der Waals surface area contributed by atoms with Crippen LogP contribution in [-0.4, -0.2) is 22.6 Å². The van der Waals surface area contributed by atoms with Gasteiger partial charge in [-0.05, 0) is 56.5 Å². The fourth-order valence-electron chi connectivity index (χ4n) is 3.12. The van der Waals surface area contributed by atoms with E-state index in [1.165, 1.54) is 18.9 Å². The number of hydrogen-bond acceptors (Lipinski definition) is 2. The summed E-state index contributed by atoms with van der Waals surface area (Å²) >= 11 is 0. The Hall–Kier alpha value is -1.42. The first-order valence-corrected chi connectivity index (χ1v) is 7.63. The first-order chi connectivity index (χ1) is 9.78. The maximum absolute atomic E-state index is 13.5. The van der Waals surface area contributed by atoms with Crippen LogP contribution in [0, 0.1) is 11.7 Å². The molecule has 0 spiro atoms. The van der Waals surface area contributed by atoms with Gasteiger partial charge in [-0.25, -0.2) is 9.37 Å². The van der Waals surface area contributed by atoms with E-state index >= 15 is 0 Å². The summed E-state index contributed by atoms with van der Waals surface area (Å²) in [5, 5.41) is 3.40. The molecule has 108 valence electrons. The number of piperidine rings is 1. The van der Waals surface area contributed by atoms with Crippen molar-refractivity contribution in [2.45, 2.75) is 39.2 Å². The molecule has 20 heavy (non-hydrogen) atoms. The number of imidazole rings is 1. The Labute approximate surface area is 119 Å². The number of nitrogens with zero attached hydrogens (tertiary/aromatic N) is 2. The minimum atomic E-state index is -0.178. The van der Waals surface area contributed by atoms with E-state index in [0.29, 0.717) is 5.92 Å². The molecule has 1 fully saturated rings. The lowest BCUT2D eigenvalue weighted by atomic mass is 9.94. The molecule has 1 aromatic heterocycles. The lowest BCUT2D eigenvalue weighted by molar-refractivity contribution is 0.363. The van der Waals surface area contributed by atoms with Gasteiger partial charge in [-0.3, -0.25) is 0 Å². The van der Waals surface area contributed by atoms with Crippen LogP contribution in [0.25, 0.3) is 11.0 Å². The minimum Gasteiger partial charge on any atom is -0.328 e. The molecule has 0 unspecified atom stereocenters. The highest BCUT2D eigenvalue weighted by molar-refractivity contribution is 5.76. The molecule has 3 rings (SSSR count). The summed E-state index contributed by atoms with van der Waals surface area (Å²) < 4.78 is 15.7. The van der Waals surface area contributed by atoms with Crippen molar-refractivity contribution in [1.29, 1.82) is 0 Å². The molecule has 0 saturated carbocycles. The van der Waals surface area contributed by atoms with Crippen LogP contribution in [0.5, 0.6) is 0 Å². The van der Waals surface area contributed by atoms with Crippen molar-refractivity contribution < 1.29 is 4.39 Å². The molecule has 1 N–H and O–H groups in total. The zero-order valence-corrected chi connectivity index (χ0v) is 12.0. The van der Waals surface area contributed by atoms with E-state index in [-0.39, 0.29) is 5.82 Å². The molecular weight excluding hydrogens is 253 g/mol. The number of aromatic nitrogens is 2. The zero-order chi connectivity index (χ0) is 13.9. The summed E-state index contributed by atoms with van der Waals surface area (Å²) in [6.45, 7) is 5.28. The van der Waals surface area contributed by atoms with Crippen molar-refractivity contribution in [2.75, 3.05) is 13.1 Å². The summed E-state index contributed by atoms with van der Waals surface area (Å²) in [7, 11) is 0. The highest BCUT2D eigenvalue weighted by Crippen LogP contribution is 2.23. The fraction of sp³-hybridized carbons (Fsp3) is 0.562. The van der Waals surface area contributed by atoms with Gasteiger partial charge in [-0.1, -0.05) is 6.92 Å².